The monoisotopic (exact) mass is 536 g/mol. The molecule has 1 aliphatic carbocycles. The van der Waals surface area contributed by atoms with E-state index >= 15 is 0 Å². The maximum atomic E-state index is 11.9. The third kappa shape index (κ3) is 11.8. The normalized spacial score (nSPS) is 22.0. The molecule has 5 atom stereocenters. The fraction of sp³-hybridized carbons (Fsp3) is 0.839. The summed E-state index contributed by atoms with van der Waals surface area (Å²) < 4.78 is 0. The zero-order valence-corrected chi connectivity index (χ0v) is 23.7. The Bertz CT molecular complexity index is 767. The average molecular weight is 537 g/mol. The molecule has 5 unspecified atom stereocenters. The smallest absolute Gasteiger partial charge is 0.309 e. The second-order valence-electron chi connectivity index (χ2n) is 11.7. The molecule has 38 heavy (non-hydrogen) atoms. The molecule has 0 amide bonds. The second kappa shape index (κ2) is 18.0. The van der Waals surface area contributed by atoms with Crippen LogP contribution in [-0.4, -0.2) is 55.9 Å². The van der Waals surface area contributed by atoms with Gasteiger partial charge in [-0.3, -0.25) is 4.79 Å². The molecule has 7 heteroatoms. The number of aliphatic hydroxyl groups is 4. The van der Waals surface area contributed by atoms with Crippen LogP contribution in [0.4, 0.5) is 0 Å². The summed E-state index contributed by atoms with van der Waals surface area (Å²) in [4.78, 5) is 16.4. The predicted octanol–water partition coefficient (Wildman–Crippen LogP) is 5.16. The fourth-order valence-corrected chi connectivity index (χ4v) is 6.12. The molecule has 5 N–H and O–H groups in total. The molecule has 0 spiro atoms. The van der Waals surface area contributed by atoms with Gasteiger partial charge in [-0.05, 0) is 63.7 Å². The van der Waals surface area contributed by atoms with E-state index in [1.807, 2.05) is 12.1 Å². The SMILES string of the molecule is CCCCCCCC(O)CCCCCCC(C(=O)O)C(O)CCC1(O)CCCC1Cc1ccc(CCO)[n-]1. The van der Waals surface area contributed by atoms with Crippen LogP contribution in [0, 0.1) is 11.8 Å². The van der Waals surface area contributed by atoms with E-state index in [4.69, 9.17) is 5.11 Å². The van der Waals surface area contributed by atoms with Crippen molar-refractivity contribution in [2.75, 3.05) is 6.61 Å². The minimum absolute atomic E-state index is 0.0431. The number of aromatic nitrogens is 1. The topological polar surface area (TPSA) is 132 Å². The maximum Gasteiger partial charge on any atom is 0.309 e. The van der Waals surface area contributed by atoms with E-state index < -0.39 is 23.6 Å². The van der Waals surface area contributed by atoms with Crippen LogP contribution in [0.2, 0.25) is 0 Å². The predicted molar refractivity (Wildman–Crippen MR) is 150 cm³/mol. The summed E-state index contributed by atoms with van der Waals surface area (Å²) in [7, 11) is 0. The second-order valence-corrected chi connectivity index (χ2v) is 11.7. The van der Waals surface area contributed by atoms with Crippen LogP contribution in [0.3, 0.4) is 0 Å². The molecule has 2 rings (SSSR count). The molecule has 0 saturated heterocycles. The lowest BCUT2D eigenvalue weighted by molar-refractivity contribution is -0.146. The molecule has 0 bridgehead atoms. The molecule has 0 aliphatic heterocycles. The Balaban J connectivity index is 1.68. The number of carboxylic acid groups (broad SMARTS) is 1. The van der Waals surface area contributed by atoms with Gasteiger partial charge in [0.1, 0.15) is 0 Å². The number of unbranched alkanes of at least 4 members (excludes halogenated alkanes) is 7. The van der Waals surface area contributed by atoms with Gasteiger partial charge in [-0.2, -0.15) is 11.4 Å². The number of rotatable bonds is 22. The Morgan fingerprint density at radius 2 is 1.61 bits per heavy atom. The van der Waals surface area contributed by atoms with Crippen molar-refractivity contribution >= 4 is 5.97 Å². The summed E-state index contributed by atoms with van der Waals surface area (Å²) in [6.07, 6.45) is 14.8. The number of aliphatic carboxylic acids is 1. The first-order valence-corrected chi connectivity index (χ1v) is 15.3. The third-order valence-electron chi connectivity index (χ3n) is 8.60. The largest absolute Gasteiger partial charge is 0.665 e. The van der Waals surface area contributed by atoms with Gasteiger partial charge >= 0.3 is 5.97 Å². The molecule has 1 saturated carbocycles. The molecular weight excluding hydrogens is 482 g/mol. The van der Waals surface area contributed by atoms with Crippen LogP contribution < -0.4 is 4.98 Å². The van der Waals surface area contributed by atoms with E-state index in [0.717, 1.165) is 69.2 Å². The first kappa shape index (κ1) is 32.8. The quantitative estimate of drug-likeness (QED) is 0.129. The number of carbonyl (C=O) groups is 1. The van der Waals surface area contributed by atoms with Gasteiger partial charge in [0.25, 0.3) is 0 Å². The summed E-state index contributed by atoms with van der Waals surface area (Å²) in [5, 5.41) is 51.1. The van der Waals surface area contributed by atoms with E-state index in [1.54, 1.807) is 0 Å². The van der Waals surface area contributed by atoms with Gasteiger partial charge in [-0.25, -0.2) is 0 Å². The van der Waals surface area contributed by atoms with Gasteiger partial charge in [0.2, 0.25) is 0 Å². The van der Waals surface area contributed by atoms with Crippen molar-refractivity contribution in [3.8, 4) is 0 Å². The highest BCUT2D eigenvalue weighted by Gasteiger charge is 2.41. The summed E-state index contributed by atoms with van der Waals surface area (Å²) in [5.74, 6) is -1.74. The van der Waals surface area contributed by atoms with Crippen LogP contribution in [0.25, 0.3) is 0 Å². The molecular formula is C31H54NO6-. The lowest BCUT2D eigenvalue weighted by Crippen LogP contribution is -2.37. The van der Waals surface area contributed by atoms with Crippen molar-refractivity contribution < 1.29 is 30.3 Å². The zero-order valence-electron chi connectivity index (χ0n) is 23.7. The Labute approximate surface area is 230 Å². The molecule has 1 aliphatic rings. The summed E-state index contributed by atoms with van der Waals surface area (Å²) in [6, 6.07) is 3.87. The standard InChI is InChI=1S/C31H54NO6/c1-2-3-4-5-8-13-27(34)14-9-6-7-10-15-28(30(36)37)29(35)18-21-31(38)20-11-12-24(31)23-26-17-16-25(32-26)19-22-33/h16-17,24,27-29,33-35,38H,2-15,18-23H2,1H3,(H,36,37)/q-1. The summed E-state index contributed by atoms with van der Waals surface area (Å²) in [5.41, 5.74) is 0.872. The molecule has 1 aromatic rings. The average Bonchev–Trinajstić information content (AvgIpc) is 3.48. The molecule has 7 nitrogen and oxygen atoms in total. The van der Waals surface area contributed by atoms with E-state index in [9.17, 15) is 25.2 Å². The summed E-state index contributed by atoms with van der Waals surface area (Å²) in [6.45, 7) is 2.26. The van der Waals surface area contributed by atoms with Crippen LogP contribution in [0.5, 0.6) is 0 Å². The fourth-order valence-electron chi connectivity index (χ4n) is 6.12. The van der Waals surface area contributed by atoms with Gasteiger partial charge in [0.05, 0.1) is 23.7 Å². The number of nitrogens with zero attached hydrogens (tertiary/aromatic N) is 1. The Hall–Kier alpha value is -1.41. The number of hydrogen-bond donors (Lipinski definition) is 5. The molecule has 0 radical (unpaired) electrons. The number of aliphatic hydroxyl groups excluding tert-OH is 3. The van der Waals surface area contributed by atoms with Crippen molar-refractivity contribution in [1.82, 2.24) is 4.98 Å². The summed E-state index contributed by atoms with van der Waals surface area (Å²) >= 11 is 0. The van der Waals surface area contributed by atoms with Crippen molar-refractivity contribution in [2.45, 2.75) is 147 Å². The molecule has 0 aromatic carbocycles. The lowest BCUT2D eigenvalue weighted by Gasteiger charge is -2.33. The molecule has 1 fully saturated rings. The van der Waals surface area contributed by atoms with Gasteiger partial charge in [-0.1, -0.05) is 83.3 Å². The van der Waals surface area contributed by atoms with E-state index in [2.05, 4.69) is 11.9 Å². The van der Waals surface area contributed by atoms with Crippen LogP contribution in [0.15, 0.2) is 12.1 Å². The van der Waals surface area contributed by atoms with Crippen molar-refractivity contribution in [3.63, 3.8) is 0 Å². The first-order valence-electron chi connectivity index (χ1n) is 15.3. The van der Waals surface area contributed by atoms with E-state index in [-0.39, 0.29) is 25.0 Å². The molecule has 220 valence electrons. The third-order valence-corrected chi connectivity index (χ3v) is 8.60. The van der Waals surface area contributed by atoms with Crippen molar-refractivity contribution in [1.29, 1.82) is 0 Å². The number of hydrogen-bond acceptors (Lipinski definition) is 5. The van der Waals surface area contributed by atoms with Gasteiger partial charge < -0.3 is 30.5 Å². The Morgan fingerprint density at radius 1 is 0.974 bits per heavy atom. The maximum absolute atomic E-state index is 11.9. The highest BCUT2D eigenvalue weighted by molar-refractivity contribution is 5.70. The van der Waals surface area contributed by atoms with Gasteiger partial charge in [0, 0.05) is 6.61 Å². The zero-order chi connectivity index (χ0) is 27.8. The van der Waals surface area contributed by atoms with E-state index in [1.165, 1.54) is 25.7 Å². The van der Waals surface area contributed by atoms with Crippen LogP contribution >= 0.6 is 0 Å². The van der Waals surface area contributed by atoms with Crippen molar-refractivity contribution in [2.24, 2.45) is 11.8 Å². The van der Waals surface area contributed by atoms with Crippen molar-refractivity contribution in [3.05, 3.63) is 23.5 Å². The highest BCUT2D eigenvalue weighted by Crippen LogP contribution is 2.41. The minimum atomic E-state index is -0.972. The highest BCUT2D eigenvalue weighted by atomic mass is 16.4. The van der Waals surface area contributed by atoms with Gasteiger partial charge in [0.15, 0.2) is 0 Å². The molecule has 1 heterocycles. The van der Waals surface area contributed by atoms with Crippen LogP contribution in [-0.2, 0) is 17.6 Å². The van der Waals surface area contributed by atoms with Gasteiger partial charge in [-0.15, -0.1) is 0 Å². The lowest BCUT2D eigenvalue weighted by atomic mass is 9.81. The molecule has 1 aromatic heterocycles. The first-order chi connectivity index (χ1) is 18.3. The Morgan fingerprint density at radius 3 is 2.24 bits per heavy atom. The Kier molecular flexibility index (Phi) is 15.6. The minimum Gasteiger partial charge on any atom is -0.665 e. The van der Waals surface area contributed by atoms with Crippen LogP contribution in [0.1, 0.15) is 127 Å². The van der Waals surface area contributed by atoms with E-state index in [0.29, 0.717) is 32.1 Å². The number of carboxylic acids is 1.